The molecular weight excluding hydrogens is 307 g/mol. The second-order valence-electron chi connectivity index (χ2n) is 4.47. The van der Waals surface area contributed by atoms with Crippen molar-refractivity contribution in [2.24, 2.45) is 0 Å². The molecule has 0 saturated heterocycles. The van der Waals surface area contributed by atoms with Gasteiger partial charge >= 0.3 is 5.69 Å². The van der Waals surface area contributed by atoms with Crippen LogP contribution in [0.15, 0.2) is 52.7 Å². The van der Waals surface area contributed by atoms with Crippen LogP contribution in [-0.2, 0) is 10.8 Å². The maximum Gasteiger partial charge on any atom is 0.330 e. The summed E-state index contributed by atoms with van der Waals surface area (Å²) in [5.74, 6) is -0.389. The summed E-state index contributed by atoms with van der Waals surface area (Å²) in [7, 11) is -1.33. The molecule has 1 unspecified atom stereocenters. The van der Waals surface area contributed by atoms with Gasteiger partial charge in [-0.15, -0.1) is 0 Å². The molecule has 0 aliphatic rings. The summed E-state index contributed by atoms with van der Waals surface area (Å²) in [5.41, 5.74) is 1.05. The molecule has 0 aliphatic carbocycles. The van der Waals surface area contributed by atoms with E-state index in [-0.39, 0.29) is 16.7 Å². The maximum absolute atomic E-state index is 13.0. The molecule has 112 valence electrons. The number of nitrogens with zero attached hydrogens (tertiary/aromatic N) is 3. The van der Waals surface area contributed by atoms with E-state index in [2.05, 4.69) is 15.0 Å². The van der Waals surface area contributed by atoms with Gasteiger partial charge in [0.1, 0.15) is 5.82 Å². The second-order valence-corrected chi connectivity index (χ2v) is 5.74. The van der Waals surface area contributed by atoms with Crippen LogP contribution >= 0.6 is 0 Å². The van der Waals surface area contributed by atoms with E-state index in [1.807, 2.05) is 0 Å². The Labute approximate surface area is 127 Å². The third-order valence-electron chi connectivity index (χ3n) is 3.01. The monoisotopic (exact) mass is 318 g/mol. The van der Waals surface area contributed by atoms with Crippen molar-refractivity contribution in [2.75, 3.05) is 6.26 Å². The Bertz CT molecular complexity index is 902. The number of rotatable bonds is 3. The average Bonchev–Trinajstić information content (AvgIpc) is 2.90. The van der Waals surface area contributed by atoms with Crippen LogP contribution in [0, 0.1) is 5.82 Å². The minimum Gasteiger partial charge on any atom is -0.312 e. The van der Waals surface area contributed by atoms with E-state index in [0.29, 0.717) is 17.1 Å². The molecule has 1 N–H and O–H groups in total. The summed E-state index contributed by atoms with van der Waals surface area (Å²) in [6.07, 6.45) is 4.45. The molecule has 2 heterocycles. The van der Waals surface area contributed by atoms with E-state index in [0.717, 1.165) is 0 Å². The zero-order chi connectivity index (χ0) is 15.7. The second kappa shape index (κ2) is 5.64. The number of aromatic nitrogens is 4. The number of hydrogen-bond donors (Lipinski definition) is 1. The van der Waals surface area contributed by atoms with E-state index >= 15 is 0 Å². The lowest BCUT2D eigenvalue weighted by atomic mass is 10.2. The summed E-state index contributed by atoms with van der Waals surface area (Å²) in [6.45, 7) is 0. The first kappa shape index (κ1) is 14.3. The van der Waals surface area contributed by atoms with Crippen molar-refractivity contribution in [2.45, 2.75) is 5.16 Å². The van der Waals surface area contributed by atoms with Crippen LogP contribution in [0.25, 0.3) is 17.1 Å². The minimum atomic E-state index is -1.33. The highest BCUT2D eigenvalue weighted by Gasteiger charge is 2.13. The summed E-state index contributed by atoms with van der Waals surface area (Å²) >= 11 is 0. The van der Waals surface area contributed by atoms with E-state index in [9.17, 15) is 13.4 Å². The lowest BCUT2D eigenvalue weighted by Gasteiger charge is -2.07. The van der Waals surface area contributed by atoms with Crippen molar-refractivity contribution in [3.8, 4) is 17.1 Å². The summed E-state index contributed by atoms with van der Waals surface area (Å²) in [4.78, 5) is 22.7. The van der Waals surface area contributed by atoms with Gasteiger partial charge in [-0.05, 0) is 30.3 Å². The van der Waals surface area contributed by atoms with Crippen molar-refractivity contribution in [1.82, 2.24) is 19.5 Å². The third-order valence-corrected chi connectivity index (χ3v) is 3.73. The molecule has 2 aromatic heterocycles. The molecule has 0 spiro atoms. The Kier molecular flexibility index (Phi) is 3.68. The quantitative estimate of drug-likeness (QED) is 0.742. The lowest BCUT2D eigenvalue weighted by molar-refractivity contribution is 0.627. The molecule has 3 rings (SSSR count). The third kappa shape index (κ3) is 2.60. The normalized spacial score (nSPS) is 12.3. The predicted octanol–water partition coefficient (Wildman–Crippen LogP) is 1.50. The standard InChI is InChI=1S/C14H11FN4O2S/c1-22(21)13-16-7-6-11(18-13)12-8-17-14(20)19(12)10-4-2-9(15)3-5-10/h2-8H,1H3,(H,17,20). The first-order valence-electron chi connectivity index (χ1n) is 6.29. The Morgan fingerprint density at radius 3 is 2.64 bits per heavy atom. The molecule has 6 nitrogen and oxygen atoms in total. The summed E-state index contributed by atoms with van der Waals surface area (Å²) < 4.78 is 25.9. The number of aromatic amines is 1. The summed E-state index contributed by atoms with van der Waals surface area (Å²) in [5, 5.41) is 0.178. The van der Waals surface area contributed by atoms with E-state index < -0.39 is 10.8 Å². The largest absolute Gasteiger partial charge is 0.330 e. The number of imidazole rings is 1. The van der Waals surface area contributed by atoms with Gasteiger partial charge in [0.25, 0.3) is 0 Å². The molecule has 3 aromatic rings. The van der Waals surface area contributed by atoms with Gasteiger partial charge in [-0.25, -0.2) is 19.2 Å². The van der Waals surface area contributed by atoms with E-state index in [1.165, 1.54) is 47.5 Å². The molecule has 0 saturated carbocycles. The Hall–Kier alpha value is -2.61. The fourth-order valence-corrected chi connectivity index (χ4v) is 2.46. The molecule has 1 atom stereocenters. The molecular formula is C14H11FN4O2S. The minimum absolute atomic E-state index is 0.178. The van der Waals surface area contributed by atoms with Crippen molar-refractivity contribution in [3.05, 3.63) is 59.0 Å². The van der Waals surface area contributed by atoms with Crippen LogP contribution in [0.2, 0.25) is 0 Å². The number of nitrogens with one attached hydrogen (secondary N) is 1. The van der Waals surface area contributed by atoms with Gasteiger partial charge in [-0.2, -0.15) is 0 Å². The lowest BCUT2D eigenvalue weighted by Crippen LogP contribution is -2.16. The SMILES string of the molecule is CS(=O)c1nccc(-c2c[nH]c(=O)n2-c2ccc(F)cc2)n1. The number of benzene rings is 1. The molecule has 0 radical (unpaired) electrons. The van der Waals surface area contributed by atoms with Crippen molar-refractivity contribution in [1.29, 1.82) is 0 Å². The number of hydrogen-bond acceptors (Lipinski definition) is 4. The van der Waals surface area contributed by atoms with Gasteiger partial charge < -0.3 is 4.98 Å². The zero-order valence-corrected chi connectivity index (χ0v) is 12.3. The molecule has 0 bridgehead atoms. The molecule has 1 aromatic carbocycles. The van der Waals surface area contributed by atoms with Gasteiger partial charge in [-0.1, -0.05) is 0 Å². The predicted molar refractivity (Wildman–Crippen MR) is 79.7 cm³/mol. The van der Waals surface area contributed by atoms with Crippen molar-refractivity contribution >= 4 is 10.8 Å². The highest BCUT2D eigenvalue weighted by molar-refractivity contribution is 7.84. The molecule has 0 amide bonds. The van der Waals surface area contributed by atoms with Gasteiger partial charge in [0.2, 0.25) is 5.16 Å². The zero-order valence-electron chi connectivity index (χ0n) is 11.5. The Morgan fingerprint density at radius 1 is 1.23 bits per heavy atom. The smallest absolute Gasteiger partial charge is 0.312 e. The van der Waals surface area contributed by atoms with E-state index in [1.54, 1.807) is 6.07 Å². The molecule has 0 fully saturated rings. The Morgan fingerprint density at radius 2 is 1.95 bits per heavy atom. The van der Waals surface area contributed by atoms with Crippen molar-refractivity contribution < 1.29 is 8.60 Å². The molecule has 22 heavy (non-hydrogen) atoms. The van der Waals surface area contributed by atoms with Crippen LogP contribution in [0.3, 0.4) is 0 Å². The fourth-order valence-electron chi connectivity index (χ4n) is 2.03. The van der Waals surface area contributed by atoms with Gasteiger partial charge in [0.15, 0.2) is 0 Å². The number of H-pyrrole nitrogens is 1. The van der Waals surface area contributed by atoms with Crippen LogP contribution in [0.5, 0.6) is 0 Å². The molecule has 8 heteroatoms. The first-order chi connectivity index (χ1) is 10.6. The fraction of sp³-hybridized carbons (Fsp3) is 0.0714. The van der Waals surface area contributed by atoms with Gasteiger partial charge in [0.05, 0.1) is 27.9 Å². The number of halogens is 1. The topological polar surface area (TPSA) is 80.6 Å². The van der Waals surface area contributed by atoms with Crippen LogP contribution in [0.1, 0.15) is 0 Å². The van der Waals surface area contributed by atoms with Crippen LogP contribution in [0.4, 0.5) is 4.39 Å². The summed E-state index contributed by atoms with van der Waals surface area (Å²) in [6, 6.07) is 7.14. The van der Waals surface area contributed by atoms with Gasteiger partial charge in [-0.3, -0.25) is 8.78 Å². The van der Waals surface area contributed by atoms with Gasteiger partial charge in [0, 0.05) is 18.6 Å². The maximum atomic E-state index is 13.0. The molecule has 0 aliphatic heterocycles. The highest BCUT2D eigenvalue weighted by atomic mass is 32.2. The Balaban J connectivity index is 2.17. The van der Waals surface area contributed by atoms with Crippen LogP contribution < -0.4 is 5.69 Å². The average molecular weight is 318 g/mol. The van der Waals surface area contributed by atoms with Crippen LogP contribution in [-0.4, -0.2) is 30.0 Å². The van der Waals surface area contributed by atoms with E-state index in [4.69, 9.17) is 0 Å². The van der Waals surface area contributed by atoms with Crippen molar-refractivity contribution in [3.63, 3.8) is 0 Å². The first-order valence-corrected chi connectivity index (χ1v) is 7.85. The highest BCUT2D eigenvalue weighted by Crippen LogP contribution is 2.19.